The summed E-state index contributed by atoms with van der Waals surface area (Å²) in [7, 11) is 0. The van der Waals surface area contributed by atoms with Gasteiger partial charge < -0.3 is 13.4 Å². The van der Waals surface area contributed by atoms with E-state index in [1.165, 1.54) is 59.8 Å². The number of hydrogen-bond donors (Lipinski definition) is 0. The molecule has 0 aliphatic carbocycles. The van der Waals surface area contributed by atoms with E-state index in [-0.39, 0.29) is 0 Å². The molecule has 55 heavy (non-hydrogen) atoms. The molecule has 0 N–H and O–H groups in total. The first-order valence-corrected chi connectivity index (χ1v) is 18.8. The Bertz CT molecular complexity index is 3710. The Balaban J connectivity index is 0.980. The highest BCUT2D eigenvalue weighted by Gasteiger charge is 2.20. The van der Waals surface area contributed by atoms with Crippen molar-refractivity contribution in [3.8, 4) is 27.9 Å². The fourth-order valence-electron chi connectivity index (χ4n) is 9.49. The van der Waals surface area contributed by atoms with E-state index < -0.39 is 0 Å². The van der Waals surface area contributed by atoms with Crippen LogP contribution in [0.1, 0.15) is 0 Å². The van der Waals surface area contributed by atoms with Crippen LogP contribution in [0.2, 0.25) is 0 Å². The number of furan rings is 2. The van der Waals surface area contributed by atoms with Gasteiger partial charge in [0.25, 0.3) is 0 Å². The predicted octanol–water partition coefficient (Wildman–Crippen LogP) is 14.8. The van der Waals surface area contributed by atoms with Gasteiger partial charge in [0.05, 0.1) is 11.0 Å². The summed E-state index contributed by atoms with van der Waals surface area (Å²) in [6.07, 6.45) is 0. The summed E-state index contributed by atoms with van der Waals surface area (Å²) in [6, 6.07) is 63.7. The zero-order valence-electron chi connectivity index (χ0n) is 29.5. The molecule has 0 radical (unpaired) electrons. The molecule has 13 aromatic rings. The first kappa shape index (κ1) is 29.1. The molecule has 3 nitrogen and oxygen atoms in total. The first-order valence-electron chi connectivity index (χ1n) is 18.8. The third kappa shape index (κ3) is 3.94. The van der Waals surface area contributed by atoms with E-state index >= 15 is 0 Å². The largest absolute Gasteiger partial charge is 0.456 e. The van der Waals surface area contributed by atoms with Gasteiger partial charge in [0.1, 0.15) is 16.7 Å². The maximum atomic E-state index is 6.60. The van der Waals surface area contributed by atoms with Gasteiger partial charge in [-0.15, -0.1) is 0 Å². The van der Waals surface area contributed by atoms with Crippen LogP contribution in [0.3, 0.4) is 0 Å². The average Bonchev–Trinajstić information content (AvgIpc) is 3.92. The first-order chi connectivity index (χ1) is 27.3. The van der Waals surface area contributed by atoms with E-state index in [4.69, 9.17) is 8.83 Å². The molecule has 0 spiro atoms. The lowest BCUT2D eigenvalue weighted by molar-refractivity contribution is 0.669. The van der Waals surface area contributed by atoms with Crippen molar-refractivity contribution in [3.05, 3.63) is 176 Å². The summed E-state index contributed by atoms with van der Waals surface area (Å²) >= 11 is 0. The molecule has 0 saturated heterocycles. The molecule has 0 saturated carbocycles. The third-order valence-corrected chi connectivity index (χ3v) is 12.0. The van der Waals surface area contributed by atoms with Gasteiger partial charge in [-0.2, -0.15) is 0 Å². The minimum atomic E-state index is 0.908. The molecule has 3 heteroatoms. The summed E-state index contributed by atoms with van der Waals surface area (Å²) in [5.74, 6) is 0. The predicted molar refractivity (Wildman–Crippen MR) is 230 cm³/mol. The summed E-state index contributed by atoms with van der Waals surface area (Å²) < 4.78 is 15.3. The van der Waals surface area contributed by atoms with Crippen LogP contribution in [0.4, 0.5) is 0 Å². The van der Waals surface area contributed by atoms with Crippen LogP contribution in [0.25, 0.3) is 126 Å². The molecule has 13 rings (SSSR count). The number of nitrogens with zero attached hydrogens (tertiary/aromatic N) is 1. The molecule has 0 fully saturated rings. The molecule has 0 bridgehead atoms. The minimum Gasteiger partial charge on any atom is -0.456 e. The molecule has 0 aliphatic rings. The van der Waals surface area contributed by atoms with Crippen LogP contribution in [0.15, 0.2) is 185 Å². The number of aromatic nitrogens is 1. The van der Waals surface area contributed by atoms with Crippen molar-refractivity contribution in [2.24, 2.45) is 0 Å². The van der Waals surface area contributed by atoms with Gasteiger partial charge in [0.15, 0.2) is 5.58 Å². The zero-order valence-corrected chi connectivity index (χ0v) is 29.5. The Morgan fingerprint density at radius 1 is 0.345 bits per heavy atom. The van der Waals surface area contributed by atoms with E-state index in [0.29, 0.717) is 0 Å². The van der Waals surface area contributed by atoms with Gasteiger partial charge in [-0.3, -0.25) is 0 Å². The Labute approximate surface area is 314 Å². The summed E-state index contributed by atoms with van der Waals surface area (Å²) in [5, 5.41) is 14.6. The van der Waals surface area contributed by atoms with Crippen molar-refractivity contribution in [2.45, 2.75) is 0 Å². The summed E-state index contributed by atoms with van der Waals surface area (Å²) in [5.41, 5.74) is 11.8. The lowest BCUT2D eigenvalue weighted by Crippen LogP contribution is -1.94. The Morgan fingerprint density at radius 2 is 0.873 bits per heavy atom. The van der Waals surface area contributed by atoms with Gasteiger partial charge in [-0.25, -0.2) is 0 Å². The second-order valence-corrected chi connectivity index (χ2v) is 14.8. The van der Waals surface area contributed by atoms with Crippen LogP contribution in [0, 0.1) is 0 Å². The van der Waals surface area contributed by atoms with Crippen LogP contribution >= 0.6 is 0 Å². The molecule has 10 aromatic carbocycles. The quantitative estimate of drug-likeness (QED) is 0.172. The number of hydrogen-bond acceptors (Lipinski definition) is 2. The van der Waals surface area contributed by atoms with Crippen molar-refractivity contribution in [2.75, 3.05) is 0 Å². The van der Waals surface area contributed by atoms with Gasteiger partial charge in [-0.1, -0.05) is 127 Å². The molecular formula is C52H29NO2. The molecule has 254 valence electrons. The second-order valence-electron chi connectivity index (χ2n) is 14.8. The van der Waals surface area contributed by atoms with E-state index in [1.54, 1.807) is 0 Å². The number of rotatable bonds is 3. The molecular weight excluding hydrogens is 671 g/mol. The van der Waals surface area contributed by atoms with E-state index in [0.717, 1.165) is 66.2 Å². The fraction of sp³-hybridized carbons (Fsp3) is 0. The van der Waals surface area contributed by atoms with Crippen LogP contribution in [-0.4, -0.2) is 4.57 Å². The normalized spacial score (nSPS) is 12.4. The zero-order chi connectivity index (χ0) is 35.8. The Morgan fingerprint density at radius 3 is 1.62 bits per heavy atom. The van der Waals surface area contributed by atoms with E-state index in [9.17, 15) is 0 Å². The van der Waals surface area contributed by atoms with Gasteiger partial charge in [0.2, 0.25) is 0 Å². The second kappa shape index (κ2) is 10.6. The summed E-state index contributed by atoms with van der Waals surface area (Å²) in [4.78, 5) is 0. The lowest BCUT2D eigenvalue weighted by Gasteiger charge is -2.17. The van der Waals surface area contributed by atoms with Gasteiger partial charge in [0, 0.05) is 38.0 Å². The van der Waals surface area contributed by atoms with Crippen molar-refractivity contribution in [3.63, 3.8) is 0 Å². The van der Waals surface area contributed by atoms with E-state index in [2.05, 4.69) is 162 Å². The highest BCUT2D eigenvalue weighted by Crippen LogP contribution is 2.44. The monoisotopic (exact) mass is 699 g/mol. The maximum absolute atomic E-state index is 6.60. The van der Waals surface area contributed by atoms with Crippen LogP contribution in [-0.2, 0) is 0 Å². The minimum absolute atomic E-state index is 0.908. The lowest BCUT2D eigenvalue weighted by atomic mass is 9.87. The smallest absolute Gasteiger partial charge is 0.160 e. The number of fused-ring (bicyclic) bond motifs is 10. The number of para-hydroxylation sites is 3. The highest BCUT2D eigenvalue weighted by atomic mass is 16.3. The van der Waals surface area contributed by atoms with Crippen molar-refractivity contribution < 1.29 is 8.83 Å². The Kier molecular flexibility index (Phi) is 5.63. The molecule has 0 unspecified atom stereocenters. The highest BCUT2D eigenvalue weighted by molar-refractivity contribution is 6.28. The van der Waals surface area contributed by atoms with Crippen molar-refractivity contribution in [1.29, 1.82) is 0 Å². The molecule has 3 heterocycles. The SMILES string of the molecule is c1ccc2c(c1)oc1cc(-c3ccc4ccc5c(-c6ccc(-n7c8ccccc8c8ccc9c%10ccccc%10oc9c87)cc6)ccc6ccc3c4c65)ccc12. The maximum Gasteiger partial charge on any atom is 0.160 e. The third-order valence-electron chi connectivity index (χ3n) is 12.0. The van der Waals surface area contributed by atoms with E-state index in [1.807, 2.05) is 18.2 Å². The van der Waals surface area contributed by atoms with Crippen LogP contribution in [0.5, 0.6) is 0 Å². The van der Waals surface area contributed by atoms with Crippen LogP contribution < -0.4 is 0 Å². The standard InChI is InChI=1S/C52H29NO2/c1-4-10-45-37(7-1)43-27-28-44-39-9-3-6-12-47(39)55-52(44)51(43)53(45)34-20-13-30(14-21-34)35-22-15-31-18-26-42-36(23-16-32-17-25-41(35)49(31)50(32)42)33-19-24-40-38-8-2-5-11-46(38)54-48(40)29-33/h1-29H. The Hall–Kier alpha value is -7.36. The van der Waals surface area contributed by atoms with Crippen molar-refractivity contribution >= 4 is 98.0 Å². The topological polar surface area (TPSA) is 31.2 Å². The van der Waals surface area contributed by atoms with Crippen molar-refractivity contribution in [1.82, 2.24) is 4.57 Å². The summed E-state index contributed by atoms with van der Waals surface area (Å²) in [6.45, 7) is 0. The van der Waals surface area contributed by atoms with Gasteiger partial charge >= 0.3 is 0 Å². The average molecular weight is 700 g/mol. The molecule has 0 amide bonds. The fourth-order valence-corrected chi connectivity index (χ4v) is 9.49. The molecule has 3 aromatic heterocycles. The molecule has 0 atom stereocenters. The molecule has 0 aliphatic heterocycles. The van der Waals surface area contributed by atoms with Gasteiger partial charge in [-0.05, 0) is 103 Å². The number of benzene rings is 10.